The van der Waals surface area contributed by atoms with Crippen LogP contribution in [0.2, 0.25) is 4.34 Å². The summed E-state index contributed by atoms with van der Waals surface area (Å²) in [5, 5.41) is 3.27. The van der Waals surface area contributed by atoms with Gasteiger partial charge >= 0.3 is 0 Å². The molecule has 1 unspecified atom stereocenters. The number of allylic oxidation sites excluding steroid dienone is 1. The maximum Gasteiger partial charge on any atom is 0.0931 e. The van der Waals surface area contributed by atoms with Crippen LogP contribution in [-0.2, 0) is 0 Å². The zero-order valence-electron chi connectivity index (χ0n) is 7.72. The molecule has 0 aliphatic heterocycles. The molecule has 1 rings (SSSR count). The van der Waals surface area contributed by atoms with Gasteiger partial charge < -0.3 is 5.32 Å². The molecule has 0 amide bonds. The fourth-order valence-electron chi connectivity index (χ4n) is 1.23. The van der Waals surface area contributed by atoms with Gasteiger partial charge in [-0.25, -0.2) is 0 Å². The van der Waals surface area contributed by atoms with Crippen LogP contribution in [-0.4, -0.2) is 7.05 Å². The van der Waals surface area contributed by atoms with Gasteiger partial charge in [-0.05, 0) is 32.0 Å². The molecule has 0 radical (unpaired) electrons. The summed E-state index contributed by atoms with van der Waals surface area (Å²) >= 11 is 7.51. The lowest BCUT2D eigenvalue weighted by Gasteiger charge is -2.12. The first kappa shape index (κ1) is 10.8. The van der Waals surface area contributed by atoms with Gasteiger partial charge in [0.2, 0.25) is 0 Å². The Labute approximate surface area is 88.4 Å². The third-order valence-electron chi connectivity index (χ3n) is 1.95. The largest absolute Gasteiger partial charge is 0.312 e. The van der Waals surface area contributed by atoms with Crippen molar-refractivity contribution in [1.82, 2.24) is 5.32 Å². The Bertz CT molecular complexity index is 270. The summed E-state index contributed by atoms with van der Waals surface area (Å²) < 4.78 is 0.855. The first-order valence-corrected chi connectivity index (χ1v) is 5.50. The van der Waals surface area contributed by atoms with Gasteiger partial charge in [-0.2, -0.15) is 0 Å². The second-order valence-electron chi connectivity index (χ2n) is 2.85. The summed E-state index contributed by atoms with van der Waals surface area (Å²) in [6.45, 7) is 3.72. The smallest absolute Gasteiger partial charge is 0.0931 e. The molecule has 0 aliphatic rings. The van der Waals surface area contributed by atoms with Crippen LogP contribution in [0.15, 0.2) is 24.8 Å². The molecule has 3 heteroatoms. The predicted molar refractivity (Wildman–Crippen MR) is 60.6 cm³/mol. The zero-order valence-corrected chi connectivity index (χ0v) is 9.29. The summed E-state index contributed by atoms with van der Waals surface area (Å²) in [5.74, 6) is 0. The molecule has 0 bridgehead atoms. The monoisotopic (exact) mass is 215 g/mol. The number of hydrogen-bond acceptors (Lipinski definition) is 2. The maximum absolute atomic E-state index is 5.87. The van der Waals surface area contributed by atoms with Gasteiger partial charge in [-0.3, -0.25) is 0 Å². The molecule has 72 valence electrons. The molecule has 0 aliphatic carbocycles. The van der Waals surface area contributed by atoms with Crippen LogP contribution in [0.1, 0.15) is 23.8 Å². The number of nitrogens with one attached hydrogen (secondary N) is 1. The molecule has 1 nitrogen and oxygen atoms in total. The highest BCUT2D eigenvalue weighted by molar-refractivity contribution is 7.16. The summed E-state index contributed by atoms with van der Waals surface area (Å²) in [5.41, 5.74) is 0. The molecule has 1 N–H and O–H groups in total. The van der Waals surface area contributed by atoms with Crippen molar-refractivity contribution in [1.29, 1.82) is 0 Å². The van der Waals surface area contributed by atoms with Gasteiger partial charge in [0.15, 0.2) is 0 Å². The van der Waals surface area contributed by atoms with Gasteiger partial charge in [0, 0.05) is 10.9 Å². The molecule has 1 atom stereocenters. The quantitative estimate of drug-likeness (QED) is 0.740. The highest BCUT2D eigenvalue weighted by Gasteiger charge is 2.09. The van der Waals surface area contributed by atoms with Crippen molar-refractivity contribution in [3.63, 3.8) is 0 Å². The van der Waals surface area contributed by atoms with E-state index in [4.69, 9.17) is 11.6 Å². The van der Waals surface area contributed by atoms with Crippen LogP contribution in [0.5, 0.6) is 0 Å². The zero-order chi connectivity index (χ0) is 9.68. The van der Waals surface area contributed by atoms with Gasteiger partial charge in [0.1, 0.15) is 0 Å². The van der Waals surface area contributed by atoms with Crippen molar-refractivity contribution in [2.45, 2.75) is 18.9 Å². The van der Waals surface area contributed by atoms with E-state index in [1.165, 1.54) is 4.88 Å². The van der Waals surface area contributed by atoms with E-state index in [0.717, 1.165) is 17.2 Å². The topological polar surface area (TPSA) is 12.0 Å². The average Bonchev–Trinajstić information content (AvgIpc) is 2.54. The van der Waals surface area contributed by atoms with Gasteiger partial charge in [0.25, 0.3) is 0 Å². The molecule has 0 aromatic carbocycles. The van der Waals surface area contributed by atoms with E-state index in [2.05, 4.69) is 18.0 Å². The van der Waals surface area contributed by atoms with Crippen LogP contribution < -0.4 is 5.32 Å². The molecule has 0 saturated heterocycles. The lowest BCUT2D eigenvalue weighted by molar-refractivity contribution is 0.564. The molecular formula is C10H14ClNS. The molecular weight excluding hydrogens is 202 g/mol. The highest BCUT2D eigenvalue weighted by Crippen LogP contribution is 2.29. The van der Waals surface area contributed by atoms with Crippen molar-refractivity contribution in [2.75, 3.05) is 7.05 Å². The minimum absolute atomic E-state index is 0.412. The summed E-state index contributed by atoms with van der Waals surface area (Å²) in [4.78, 5) is 1.30. The van der Waals surface area contributed by atoms with E-state index in [1.807, 2.05) is 19.2 Å². The summed E-state index contributed by atoms with van der Waals surface area (Å²) in [7, 11) is 1.97. The summed E-state index contributed by atoms with van der Waals surface area (Å²) in [6.07, 6.45) is 4.05. The third-order valence-corrected chi connectivity index (χ3v) is 3.29. The Hall–Kier alpha value is -0.310. The minimum atomic E-state index is 0.412. The van der Waals surface area contributed by atoms with Gasteiger partial charge in [0.05, 0.1) is 4.34 Å². The average molecular weight is 216 g/mol. The van der Waals surface area contributed by atoms with Gasteiger partial charge in [-0.15, -0.1) is 17.9 Å². The molecule has 1 heterocycles. The van der Waals surface area contributed by atoms with Crippen LogP contribution in [0.4, 0.5) is 0 Å². The molecule has 0 fully saturated rings. The molecule has 1 aromatic rings. The standard InChI is InChI=1S/C10H14ClNS/c1-3-4-5-8(12-2)9-6-7-10(11)13-9/h3,6-8,12H,1,4-5H2,2H3. The Kier molecular flexibility index (Phi) is 4.50. The number of halogens is 1. The Morgan fingerprint density at radius 2 is 2.46 bits per heavy atom. The molecule has 13 heavy (non-hydrogen) atoms. The normalized spacial score (nSPS) is 12.8. The second kappa shape index (κ2) is 5.43. The Balaban J connectivity index is 2.60. The number of thiophene rings is 1. The van der Waals surface area contributed by atoms with Crippen LogP contribution in [0.25, 0.3) is 0 Å². The third kappa shape index (κ3) is 3.14. The second-order valence-corrected chi connectivity index (χ2v) is 4.60. The predicted octanol–water partition coefficient (Wildman–Crippen LogP) is 3.63. The first-order chi connectivity index (χ1) is 6.27. The van der Waals surface area contributed by atoms with Crippen LogP contribution in [0, 0.1) is 0 Å². The lowest BCUT2D eigenvalue weighted by atomic mass is 10.1. The Morgan fingerprint density at radius 3 is 2.92 bits per heavy atom. The van der Waals surface area contributed by atoms with E-state index >= 15 is 0 Å². The number of rotatable bonds is 5. The number of hydrogen-bond donors (Lipinski definition) is 1. The molecule has 0 spiro atoms. The highest BCUT2D eigenvalue weighted by atomic mass is 35.5. The van der Waals surface area contributed by atoms with Crippen LogP contribution >= 0.6 is 22.9 Å². The van der Waals surface area contributed by atoms with E-state index in [-0.39, 0.29) is 0 Å². The van der Waals surface area contributed by atoms with Crippen molar-refractivity contribution < 1.29 is 0 Å². The van der Waals surface area contributed by atoms with Crippen molar-refractivity contribution >= 4 is 22.9 Å². The van der Waals surface area contributed by atoms with Crippen LogP contribution in [0.3, 0.4) is 0 Å². The Morgan fingerprint density at radius 1 is 1.69 bits per heavy atom. The van der Waals surface area contributed by atoms with E-state index in [0.29, 0.717) is 6.04 Å². The van der Waals surface area contributed by atoms with Gasteiger partial charge in [-0.1, -0.05) is 17.7 Å². The molecule has 0 saturated carbocycles. The maximum atomic E-state index is 5.87. The molecule has 1 aromatic heterocycles. The van der Waals surface area contributed by atoms with Crippen molar-refractivity contribution in [3.8, 4) is 0 Å². The minimum Gasteiger partial charge on any atom is -0.312 e. The first-order valence-electron chi connectivity index (χ1n) is 4.31. The van der Waals surface area contributed by atoms with E-state index in [1.54, 1.807) is 11.3 Å². The summed E-state index contributed by atoms with van der Waals surface area (Å²) in [6, 6.07) is 4.44. The fourth-order valence-corrected chi connectivity index (χ4v) is 2.43. The van der Waals surface area contributed by atoms with Crippen molar-refractivity contribution in [3.05, 3.63) is 34.0 Å². The SMILES string of the molecule is C=CCCC(NC)c1ccc(Cl)s1. The fraction of sp³-hybridized carbons (Fsp3) is 0.400. The van der Waals surface area contributed by atoms with Crippen molar-refractivity contribution in [2.24, 2.45) is 0 Å². The van der Waals surface area contributed by atoms with E-state index < -0.39 is 0 Å². The van der Waals surface area contributed by atoms with E-state index in [9.17, 15) is 0 Å². The lowest BCUT2D eigenvalue weighted by Crippen LogP contribution is -2.14.